The van der Waals surface area contributed by atoms with Gasteiger partial charge in [-0.3, -0.25) is 0 Å². The van der Waals surface area contributed by atoms with Gasteiger partial charge in [0.15, 0.2) is 21.3 Å². The fourth-order valence-electron chi connectivity index (χ4n) is 1.77. The molecule has 0 amide bonds. The summed E-state index contributed by atoms with van der Waals surface area (Å²) in [5.41, 5.74) is 1.01. The summed E-state index contributed by atoms with van der Waals surface area (Å²) in [4.78, 5) is 0. The molecule has 1 N–H and O–H groups in total. The van der Waals surface area contributed by atoms with Crippen molar-refractivity contribution >= 4 is 9.84 Å². The van der Waals surface area contributed by atoms with Crippen LogP contribution in [0.15, 0.2) is 18.2 Å². The van der Waals surface area contributed by atoms with Crippen molar-refractivity contribution in [3.05, 3.63) is 23.8 Å². The second-order valence-corrected chi connectivity index (χ2v) is 8.40. The highest BCUT2D eigenvalue weighted by molar-refractivity contribution is 7.92. The predicted molar refractivity (Wildman–Crippen MR) is 84.9 cm³/mol. The van der Waals surface area contributed by atoms with Gasteiger partial charge >= 0.3 is 0 Å². The van der Waals surface area contributed by atoms with E-state index >= 15 is 0 Å². The third kappa shape index (κ3) is 4.35. The molecule has 5 nitrogen and oxygen atoms in total. The minimum atomic E-state index is -3.11. The topological polar surface area (TPSA) is 64.6 Å². The minimum Gasteiger partial charge on any atom is -0.493 e. The maximum absolute atomic E-state index is 11.7. The van der Waals surface area contributed by atoms with Gasteiger partial charge in [0.05, 0.1) is 19.0 Å². The normalized spacial score (nSPS) is 13.8. The fraction of sp³-hybridized carbons (Fsp3) is 0.600. The van der Waals surface area contributed by atoms with E-state index in [2.05, 4.69) is 5.32 Å². The molecule has 0 saturated carbocycles. The summed E-state index contributed by atoms with van der Waals surface area (Å²) < 4.78 is 33.1. The van der Waals surface area contributed by atoms with E-state index in [1.807, 2.05) is 25.1 Å². The summed E-state index contributed by atoms with van der Waals surface area (Å²) in [5.74, 6) is 1.33. The molecule has 0 heterocycles. The third-order valence-electron chi connectivity index (χ3n) is 3.75. The van der Waals surface area contributed by atoms with Crippen LogP contribution >= 0.6 is 0 Å². The van der Waals surface area contributed by atoms with Crippen LogP contribution in [0.4, 0.5) is 0 Å². The molecule has 1 atom stereocenters. The summed E-state index contributed by atoms with van der Waals surface area (Å²) in [6.07, 6.45) is 1.26. The second-order valence-electron chi connectivity index (χ2n) is 5.75. The Morgan fingerprint density at radius 1 is 1.19 bits per heavy atom. The van der Waals surface area contributed by atoms with Crippen LogP contribution in [0.3, 0.4) is 0 Å². The molecule has 1 aromatic rings. The lowest BCUT2D eigenvalue weighted by Crippen LogP contribution is -2.42. The molecule has 0 aliphatic heterocycles. The lowest BCUT2D eigenvalue weighted by molar-refractivity contribution is 0.354. The first-order valence-corrected chi connectivity index (χ1v) is 8.66. The highest BCUT2D eigenvalue weighted by Gasteiger charge is 2.30. The number of benzene rings is 1. The van der Waals surface area contributed by atoms with Crippen molar-refractivity contribution in [2.24, 2.45) is 0 Å². The Kier molecular flexibility index (Phi) is 5.64. The monoisotopic (exact) mass is 315 g/mol. The van der Waals surface area contributed by atoms with Gasteiger partial charge in [-0.15, -0.1) is 0 Å². The first kappa shape index (κ1) is 17.8. The van der Waals surface area contributed by atoms with Crippen molar-refractivity contribution < 1.29 is 17.9 Å². The first-order chi connectivity index (χ1) is 9.62. The summed E-state index contributed by atoms with van der Waals surface area (Å²) >= 11 is 0. The van der Waals surface area contributed by atoms with Crippen molar-refractivity contribution in [2.75, 3.05) is 27.0 Å². The van der Waals surface area contributed by atoms with Crippen LogP contribution in [0, 0.1) is 0 Å². The van der Waals surface area contributed by atoms with Crippen LogP contribution in [0.2, 0.25) is 0 Å². The molecule has 21 heavy (non-hydrogen) atoms. The largest absolute Gasteiger partial charge is 0.493 e. The maximum Gasteiger partial charge on any atom is 0.161 e. The summed E-state index contributed by atoms with van der Waals surface area (Å²) in [7, 11) is 0.0700. The fourth-order valence-corrected chi connectivity index (χ4v) is 2.12. The number of hydrogen-bond donors (Lipinski definition) is 1. The van der Waals surface area contributed by atoms with Gasteiger partial charge in [-0.05, 0) is 38.5 Å². The Morgan fingerprint density at radius 3 is 2.24 bits per heavy atom. The molecule has 1 unspecified atom stereocenters. The van der Waals surface area contributed by atoms with Gasteiger partial charge < -0.3 is 14.8 Å². The van der Waals surface area contributed by atoms with Gasteiger partial charge in [0.2, 0.25) is 0 Å². The van der Waals surface area contributed by atoms with E-state index < -0.39 is 14.6 Å². The average Bonchev–Trinajstić information content (AvgIpc) is 2.42. The lowest BCUT2D eigenvalue weighted by Gasteiger charge is -2.25. The van der Waals surface area contributed by atoms with Crippen LogP contribution in [0.1, 0.15) is 32.4 Å². The van der Waals surface area contributed by atoms with E-state index in [0.717, 1.165) is 5.56 Å². The molecular formula is C15H25NO4S. The van der Waals surface area contributed by atoms with E-state index in [-0.39, 0.29) is 6.04 Å². The Labute approximate surface area is 127 Å². The van der Waals surface area contributed by atoms with Crippen molar-refractivity contribution in [3.63, 3.8) is 0 Å². The average molecular weight is 315 g/mol. The quantitative estimate of drug-likeness (QED) is 0.835. The van der Waals surface area contributed by atoms with Gasteiger partial charge in [0.1, 0.15) is 0 Å². The number of rotatable bonds is 7. The van der Waals surface area contributed by atoms with Crippen LogP contribution in [-0.4, -0.2) is 40.2 Å². The third-order valence-corrected chi connectivity index (χ3v) is 5.90. The van der Waals surface area contributed by atoms with E-state index in [9.17, 15) is 8.42 Å². The highest BCUT2D eigenvalue weighted by Crippen LogP contribution is 2.30. The van der Waals surface area contributed by atoms with Crippen LogP contribution in [0.25, 0.3) is 0 Å². The number of hydrogen-bond acceptors (Lipinski definition) is 5. The second kappa shape index (κ2) is 6.66. The number of methoxy groups -OCH3 is 2. The van der Waals surface area contributed by atoms with Gasteiger partial charge in [0.25, 0.3) is 0 Å². The van der Waals surface area contributed by atoms with E-state index in [1.165, 1.54) is 6.26 Å². The lowest BCUT2D eigenvalue weighted by atomic mass is 10.1. The Balaban J connectivity index is 2.83. The predicted octanol–water partition coefficient (Wildman–Crippen LogP) is 2.18. The van der Waals surface area contributed by atoms with E-state index in [0.29, 0.717) is 18.0 Å². The van der Waals surface area contributed by atoms with Crippen molar-refractivity contribution in [3.8, 4) is 11.5 Å². The Hall–Kier alpha value is -1.27. The smallest absolute Gasteiger partial charge is 0.161 e. The molecule has 6 heteroatoms. The Morgan fingerprint density at radius 2 is 1.76 bits per heavy atom. The molecule has 0 fully saturated rings. The summed E-state index contributed by atoms with van der Waals surface area (Å²) in [6.45, 7) is 5.80. The van der Waals surface area contributed by atoms with Crippen molar-refractivity contribution in [2.45, 2.75) is 31.6 Å². The molecule has 0 aromatic heterocycles. The molecule has 0 bridgehead atoms. The molecule has 0 aliphatic rings. The zero-order valence-corrected chi connectivity index (χ0v) is 14.4. The number of ether oxygens (including phenoxy) is 2. The summed E-state index contributed by atoms with van der Waals surface area (Å²) in [5, 5.41) is 3.26. The van der Waals surface area contributed by atoms with Crippen LogP contribution in [0.5, 0.6) is 11.5 Å². The van der Waals surface area contributed by atoms with E-state index in [1.54, 1.807) is 28.1 Å². The molecule has 1 aromatic carbocycles. The molecule has 120 valence electrons. The van der Waals surface area contributed by atoms with Gasteiger partial charge in [-0.1, -0.05) is 6.07 Å². The zero-order valence-electron chi connectivity index (χ0n) is 13.6. The van der Waals surface area contributed by atoms with Crippen molar-refractivity contribution in [1.29, 1.82) is 0 Å². The zero-order chi connectivity index (χ0) is 16.3. The number of sulfone groups is 1. The molecule has 0 saturated heterocycles. The highest BCUT2D eigenvalue weighted by atomic mass is 32.2. The van der Waals surface area contributed by atoms with Crippen LogP contribution < -0.4 is 14.8 Å². The van der Waals surface area contributed by atoms with Gasteiger partial charge in [-0.2, -0.15) is 0 Å². The molecule has 0 aliphatic carbocycles. The molecular weight excluding hydrogens is 290 g/mol. The first-order valence-electron chi connectivity index (χ1n) is 6.77. The van der Waals surface area contributed by atoms with Gasteiger partial charge in [0, 0.05) is 18.8 Å². The van der Waals surface area contributed by atoms with Crippen molar-refractivity contribution in [1.82, 2.24) is 5.32 Å². The summed E-state index contributed by atoms with van der Waals surface area (Å²) in [6, 6.07) is 5.68. The maximum atomic E-state index is 11.7. The molecule has 1 rings (SSSR count). The van der Waals surface area contributed by atoms with Crippen LogP contribution in [-0.2, 0) is 9.84 Å². The van der Waals surface area contributed by atoms with E-state index in [4.69, 9.17) is 9.47 Å². The molecule has 0 radical (unpaired) electrons. The minimum absolute atomic E-state index is 0.00540. The van der Waals surface area contributed by atoms with Gasteiger partial charge in [-0.25, -0.2) is 8.42 Å². The SMILES string of the molecule is COc1ccc(C(C)NCC(C)(C)S(C)(=O)=O)cc1OC. The number of nitrogens with one attached hydrogen (secondary N) is 1. The molecule has 0 spiro atoms. The standard InChI is InChI=1S/C15H25NO4S/c1-11(16-10-15(2,3)21(6,17)18)12-7-8-13(19-4)14(9-12)20-5/h7-9,11,16H,10H2,1-6H3. The Bertz CT molecular complexity index is 581.